The van der Waals surface area contributed by atoms with Crippen LogP contribution in [0.15, 0.2) is 24.3 Å². The van der Waals surface area contributed by atoms with Crippen LogP contribution < -0.4 is 10.1 Å². The molecule has 136 valence electrons. The summed E-state index contributed by atoms with van der Waals surface area (Å²) in [5.74, 6) is 0.993. The summed E-state index contributed by atoms with van der Waals surface area (Å²) in [6.07, 6.45) is 9.58. The van der Waals surface area contributed by atoms with Crippen molar-refractivity contribution in [3.05, 3.63) is 24.3 Å². The van der Waals surface area contributed by atoms with Crippen LogP contribution in [0.5, 0.6) is 11.5 Å². The number of phenolic OH excluding ortho intramolecular Hbond substituents is 1. The van der Waals surface area contributed by atoms with Crippen molar-refractivity contribution >= 4 is 5.91 Å². The molecule has 5 heteroatoms. The molecular weight excluding hydrogens is 306 g/mol. The summed E-state index contributed by atoms with van der Waals surface area (Å²) in [4.78, 5) is 11.3. The number of aliphatic hydroxyl groups is 1. The van der Waals surface area contributed by atoms with Gasteiger partial charge in [0.05, 0.1) is 13.2 Å². The van der Waals surface area contributed by atoms with E-state index in [1.165, 1.54) is 25.7 Å². The zero-order valence-corrected chi connectivity index (χ0v) is 14.5. The fourth-order valence-corrected chi connectivity index (χ4v) is 2.50. The van der Waals surface area contributed by atoms with Crippen LogP contribution in [0.2, 0.25) is 0 Å². The Hall–Kier alpha value is -1.75. The first-order valence-corrected chi connectivity index (χ1v) is 9.02. The maximum Gasteiger partial charge on any atom is 0.220 e. The Bertz CT molecular complexity index is 451. The Balaban J connectivity index is 1.83. The highest BCUT2D eigenvalue weighted by Crippen LogP contribution is 2.18. The SMILES string of the molecule is O=C(CCCCCCCCCCOc1cccc(O)c1)NCCO. The highest BCUT2D eigenvalue weighted by molar-refractivity contribution is 5.75. The molecule has 0 bridgehead atoms. The lowest BCUT2D eigenvalue weighted by Crippen LogP contribution is -2.25. The molecule has 0 radical (unpaired) electrons. The summed E-state index contributed by atoms with van der Waals surface area (Å²) in [5.41, 5.74) is 0. The monoisotopic (exact) mass is 337 g/mol. The highest BCUT2D eigenvalue weighted by Gasteiger charge is 2.00. The van der Waals surface area contributed by atoms with E-state index in [0.717, 1.165) is 31.4 Å². The molecule has 0 aliphatic rings. The van der Waals surface area contributed by atoms with Crippen molar-refractivity contribution in [2.75, 3.05) is 19.8 Å². The van der Waals surface area contributed by atoms with Crippen molar-refractivity contribution in [1.29, 1.82) is 0 Å². The van der Waals surface area contributed by atoms with Gasteiger partial charge in [-0.3, -0.25) is 4.79 Å². The molecule has 0 aliphatic carbocycles. The number of amides is 1. The summed E-state index contributed by atoms with van der Waals surface area (Å²) < 4.78 is 5.58. The molecular formula is C19H31NO4. The first-order valence-electron chi connectivity index (χ1n) is 9.02. The zero-order valence-electron chi connectivity index (χ0n) is 14.5. The number of aliphatic hydroxyl groups excluding tert-OH is 1. The van der Waals surface area contributed by atoms with Crippen molar-refractivity contribution in [2.45, 2.75) is 57.8 Å². The van der Waals surface area contributed by atoms with Crippen LogP contribution in [0.4, 0.5) is 0 Å². The molecule has 0 unspecified atom stereocenters. The molecule has 1 aromatic rings. The van der Waals surface area contributed by atoms with Gasteiger partial charge < -0.3 is 20.3 Å². The Kier molecular flexibility index (Phi) is 11.6. The fourth-order valence-electron chi connectivity index (χ4n) is 2.50. The Morgan fingerprint density at radius 2 is 1.67 bits per heavy atom. The van der Waals surface area contributed by atoms with Crippen LogP contribution in [-0.2, 0) is 4.79 Å². The average molecular weight is 337 g/mol. The first-order chi connectivity index (χ1) is 11.7. The number of phenols is 1. The number of nitrogens with one attached hydrogen (secondary N) is 1. The summed E-state index contributed by atoms with van der Waals surface area (Å²) in [7, 11) is 0. The lowest BCUT2D eigenvalue weighted by atomic mass is 10.1. The van der Waals surface area contributed by atoms with E-state index in [9.17, 15) is 9.90 Å². The Morgan fingerprint density at radius 1 is 1.00 bits per heavy atom. The second kappa shape index (κ2) is 13.7. The minimum absolute atomic E-state index is 0.00456. The van der Waals surface area contributed by atoms with E-state index in [4.69, 9.17) is 9.84 Å². The zero-order chi connectivity index (χ0) is 17.5. The van der Waals surface area contributed by atoms with Gasteiger partial charge in [-0.05, 0) is 25.0 Å². The van der Waals surface area contributed by atoms with Crippen LogP contribution in [0.1, 0.15) is 57.8 Å². The number of benzene rings is 1. The standard InChI is InChI=1S/C19H31NO4/c21-14-13-20-19(23)12-7-5-3-1-2-4-6-8-15-24-18-11-9-10-17(22)16-18/h9-11,16,21-22H,1-8,12-15H2,(H,20,23). The van der Waals surface area contributed by atoms with Crippen LogP contribution in [0.3, 0.4) is 0 Å². The molecule has 3 N–H and O–H groups in total. The number of ether oxygens (including phenoxy) is 1. The number of hydrogen-bond donors (Lipinski definition) is 3. The average Bonchev–Trinajstić information content (AvgIpc) is 2.58. The third-order valence-corrected chi connectivity index (χ3v) is 3.82. The van der Waals surface area contributed by atoms with E-state index >= 15 is 0 Å². The molecule has 0 saturated heterocycles. The predicted octanol–water partition coefficient (Wildman–Crippen LogP) is 3.39. The smallest absolute Gasteiger partial charge is 0.220 e. The van der Waals surface area contributed by atoms with Gasteiger partial charge in [0.25, 0.3) is 0 Å². The van der Waals surface area contributed by atoms with Crippen molar-refractivity contribution in [2.24, 2.45) is 0 Å². The van der Waals surface area contributed by atoms with Gasteiger partial charge in [-0.2, -0.15) is 0 Å². The summed E-state index contributed by atoms with van der Waals surface area (Å²) >= 11 is 0. The largest absolute Gasteiger partial charge is 0.508 e. The lowest BCUT2D eigenvalue weighted by Gasteiger charge is -2.06. The molecule has 0 saturated carbocycles. The van der Waals surface area contributed by atoms with Crippen molar-refractivity contribution in [1.82, 2.24) is 5.32 Å². The predicted molar refractivity (Wildman–Crippen MR) is 95.3 cm³/mol. The molecule has 1 rings (SSSR count). The first kappa shape index (κ1) is 20.3. The molecule has 0 aliphatic heterocycles. The van der Waals surface area contributed by atoms with Gasteiger partial charge in [0.2, 0.25) is 5.91 Å². The molecule has 0 atom stereocenters. The second-order valence-electron chi connectivity index (χ2n) is 6.00. The van der Waals surface area contributed by atoms with E-state index < -0.39 is 0 Å². The molecule has 1 amide bonds. The van der Waals surface area contributed by atoms with Gasteiger partial charge >= 0.3 is 0 Å². The van der Waals surface area contributed by atoms with Crippen molar-refractivity contribution < 1.29 is 19.7 Å². The second-order valence-corrected chi connectivity index (χ2v) is 6.00. The fraction of sp³-hybridized carbons (Fsp3) is 0.632. The van der Waals surface area contributed by atoms with Crippen LogP contribution in [0.25, 0.3) is 0 Å². The van der Waals surface area contributed by atoms with Crippen molar-refractivity contribution in [3.8, 4) is 11.5 Å². The third kappa shape index (κ3) is 10.9. The molecule has 5 nitrogen and oxygen atoms in total. The Labute approximate surface area is 145 Å². The van der Waals surface area contributed by atoms with Crippen LogP contribution in [-0.4, -0.2) is 35.9 Å². The number of unbranched alkanes of at least 4 members (excludes halogenated alkanes) is 7. The molecule has 24 heavy (non-hydrogen) atoms. The van der Waals surface area contributed by atoms with E-state index in [-0.39, 0.29) is 18.3 Å². The van der Waals surface area contributed by atoms with Gasteiger partial charge in [0.1, 0.15) is 11.5 Å². The topological polar surface area (TPSA) is 78.8 Å². The number of hydrogen-bond acceptors (Lipinski definition) is 4. The molecule has 0 aromatic heterocycles. The summed E-state index contributed by atoms with van der Waals surface area (Å²) in [6, 6.07) is 6.89. The van der Waals surface area contributed by atoms with Gasteiger partial charge in [-0.1, -0.05) is 44.6 Å². The van der Waals surface area contributed by atoms with E-state index in [1.807, 2.05) is 6.07 Å². The van der Waals surface area contributed by atoms with E-state index in [2.05, 4.69) is 5.32 Å². The molecule has 1 aromatic carbocycles. The van der Waals surface area contributed by atoms with E-state index in [1.54, 1.807) is 18.2 Å². The van der Waals surface area contributed by atoms with Crippen molar-refractivity contribution in [3.63, 3.8) is 0 Å². The van der Waals surface area contributed by atoms with Gasteiger partial charge in [0, 0.05) is 19.0 Å². The van der Waals surface area contributed by atoms with Gasteiger partial charge in [-0.25, -0.2) is 0 Å². The normalized spacial score (nSPS) is 10.5. The third-order valence-electron chi connectivity index (χ3n) is 3.82. The minimum atomic E-state index is 0.00456. The number of carbonyl (C=O) groups excluding carboxylic acids is 1. The molecule has 0 fully saturated rings. The maximum absolute atomic E-state index is 11.3. The van der Waals surface area contributed by atoms with E-state index in [0.29, 0.717) is 19.6 Å². The molecule has 0 heterocycles. The number of carbonyl (C=O) groups is 1. The van der Waals surface area contributed by atoms with Crippen LogP contribution in [0, 0.1) is 0 Å². The molecule has 0 spiro atoms. The quantitative estimate of drug-likeness (QED) is 0.455. The maximum atomic E-state index is 11.3. The Morgan fingerprint density at radius 3 is 2.33 bits per heavy atom. The van der Waals surface area contributed by atoms with Gasteiger partial charge in [0.15, 0.2) is 0 Å². The highest BCUT2D eigenvalue weighted by atomic mass is 16.5. The van der Waals surface area contributed by atoms with Gasteiger partial charge in [-0.15, -0.1) is 0 Å². The number of rotatable bonds is 14. The number of aromatic hydroxyl groups is 1. The summed E-state index contributed by atoms with van der Waals surface area (Å²) in [6.45, 7) is 1.05. The summed E-state index contributed by atoms with van der Waals surface area (Å²) in [5, 5.41) is 20.6. The lowest BCUT2D eigenvalue weighted by molar-refractivity contribution is -0.121. The van der Waals surface area contributed by atoms with Crippen LogP contribution >= 0.6 is 0 Å². The minimum Gasteiger partial charge on any atom is -0.508 e.